The van der Waals surface area contributed by atoms with Gasteiger partial charge in [0, 0.05) is 36.6 Å². The second-order valence-electron chi connectivity index (χ2n) is 12.9. The van der Waals surface area contributed by atoms with E-state index in [1.54, 1.807) is 11.0 Å². The van der Waals surface area contributed by atoms with Crippen LogP contribution in [0.1, 0.15) is 73.3 Å². The Hall–Kier alpha value is -3.12. The third kappa shape index (κ3) is 5.39. The number of sulfone groups is 1. The number of amides is 3. The molecular weight excluding hydrogens is 561 g/mol. The van der Waals surface area contributed by atoms with Gasteiger partial charge in [0.15, 0.2) is 9.84 Å². The van der Waals surface area contributed by atoms with Crippen molar-refractivity contribution in [3.8, 4) is 5.69 Å². The van der Waals surface area contributed by atoms with Gasteiger partial charge in [-0.3, -0.25) is 4.79 Å². The summed E-state index contributed by atoms with van der Waals surface area (Å²) in [5, 5.41) is 6.50. The summed E-state index contributed by atoms with van der Waals surface area (Å²) < 4.78 is 49.7. The number of primary amides is 1. The first-order valence-corrected chi connectivity index (χ1v) is 16.6. The van der Waals surface area contributed by atoms with E-state index < -0.39 is 27.0 Å². The average molecular weight is 602 g/mol. The van der Waals surface area contributed by atoms with Crippen LogP contribution in [0.2, 0.25) is 0 Å². The molecule has 1 aromatic heterocycles. The second kappa shape index (κ2) is 10.9. The molecule has 2 aliphatic heterocycles. The van der Waals surface area contributed by atoms with Gasteiger partial charge in [-0.1, -0.05) is 13.8 Å². The number of carbonyl (C=O) groups excluding carboxylic acids is 2. The molecule has 0 spiro atoms. The third-order valence-corrected chi connectivity index (χ3v) is 11.4. The van der Waals surface area contributed by atoms with E-state index in [9.17, 15) is 18.0 Å². The van der Waals surface area contributed by atoms with Gasteiger partial charge in [0.2, 0.25) is 0 Å². The molecule has 4 N–H and O–H groups in total. The van der Waals surface area contributed by atoms with Crippen LogP contribution in [-0.4, -0.2) is 74.0 Å². The predicted octanol–water partition coefficient (Wildman–Crippen LogP) is 3.32. The summed E-state index contributed by atoms with van der Waals surface area (Å²) in [6.45, 7) is 6.14. The number of halogens is 1. The zero-order chi connectivity index (χ0) is 29.8. The molecule has 0 unspecified atom stereocenters. The van der Waals surface area contributed by atoms with E-state index in [4.69, 9.17) is 10.5 Å². The maximum Gasteiger partial charge on any atom is 0.317 e. The number of nitrogens with two attached hydrogens (primary N) is 1. The van der Waals surface area contributed by atoms with Crippen LogP contribution in [0.25, 0.3) is 5.69 Å². The van der Waals surface area contributed by atoms with Crippen LogP contribution in [0.5, 0.6) is 0 Å². The van der Waals surface area contributed by atoms with E-state index in [-0.39, 0.29) is 29.4 Å². The molecule has 42 heavy (non-hydrogen) atoms. The molecule has 3 heterocycles. The van der Waals surface area contributed by atoms with Gasteiger partial charge in [-0.25, -0.2) is 17.6 Å². The van der Waals surface area contributed by atoms with Crippen molar-refractivity contribution in [3.05, 3.63) is 40.5 Å². The maximum absolute atomic E-state index is 15.6. The van der Waals surface area contributed by atoms with Crippen molar-refractivity contribution in [2.24, 2.45) is 11.1 Å². The standard InChI is InChI=1S/C30H40FN5O5S/c1-30(2)16-25-27(42(39,40)17-30)21-4-3-5-24(21)36(25)20-14-22(31)26(28(32)37)23(15-20)33-18-6-8-19(9-7-18)34-29(38)35-10-12-41-13-11-35/h14-15,18-19,33H,3-13,16-17H2,1-2H3,(H2,32,37)(H,34,38). The molecule has 1 saturated carbocycles. The number of nitrogens with zero attached hydrogens (tertiary/aromatic N) is 2. The number of morpholine rings is 1. The number of hydrogen-bond donors (Lipinski definition) is 3. The van der Waals surface area contributed by atoms with Crippen molar-refractivity contribution in [1.29, 1.82) is 0 Å². The quantitative estimate of drug-likeness (QED) is 0.481. The molecule has 12 heteroatoms. The van der Waals surface area contributed by atoms with E-state index in [2.05, 4.69) is 10.6 Å². The molecule has 3 amide bonds. The highest BCUT2D eigenvalue weighted by molar-refractivity contribution is 7.91. The molecule has 1 saturated heterocycles. The highest BCUT2D eigenvalue weighted by Crippen LogP contribution is 2.45. The van der Waals surface area contributed by atoms with Gasteiger partial charge in [-0.2, -0.15) is 0 Å². The summed E-state index contributed by atoms with van der Waals surface area (Å²) in [5.41, 5.74) is 8.26. The Morgan fingerprint density at radius 3 is 2.43 bits per heavy atom. The van der Waals surface area contributed by atoms with Crippen molar-refractivity contribution in [2.75, 3.05) is 37.4 Å². The fourth-order valence-corrected chi connectivity index (χ4v) is 9.70. The van der Waals surface area contributed by atoms with Crippen LogP contribution in [0.4, 0.5) is 14.9 Å². The topological polar surface area (TPSA) is 136 Å². The highest BCUT2D eigenvalue weighted by Gasteiger charge is 2.42. The monoisotopic (exact) mass is 601 g/mol. The van der Waals surface area contributed by atoms with Crippen LogP contribution in [0.3, 0.4) is 0 Å². The minimum atomic E-state index is -3.49. The largest absolute Gasteiger partial charge is 0.382 e. The first-order chi connectivity index (χ1) is 19.9. The van der Waals surface area contributed by atoms with Crippen molar-refractivity contribution < 1.29 is 27.1 Å². The third-order valence-electron chi connectivity index (χ3n) is 9.09. The molecule has 0 bridgehead atoms. The van der Waals surface area contributed by atoms with Gasteiger partial charge in [0.25, 0.3) is 5.91 Å². The molecule has 228 valence electrons. The number of hydrogen-bond acceptors (Lipinski definition) is 6. The van der Waals surface area contributed by atoms with Crippen molar-refractivity contribution in [1.82, 2.24) is 14.8 Å². The van der Waals surface area contributed by atoms with Gasteiger partial charge >= 0.3 is 6.03 Å². The zero-order valence-electron chi connectivity index (χ0n) is 24.3. The zero-order valence-corrected chi connectivity index (χ0v) is 25.1. The summed E-state index contributed by atoms with van der Waals surface area (Å²) in [6, 6.07) is 2.96. The highest BCUT2D eigenvalue weighted by atomic mass is 32.2. The Balaban J connectivity index is 1.27. The summed E-state index contributed by atoms with van der Waals surface area (Å²) in [5.74, 6) is -1.52. The lowest BCUT2D eigenvalue weighted by atomic mass is 9.89. The second-order valence-corrected chi connectivity index (χ2v) is 14.9. The van der Waals surface area contributed by atoms with Gasteiger partial charge in [0.1, 0.15) is 5.82 Å². The van der Waals surface area contributed by atoms with Crippen LogP contribution in [0.15, 0.2) is 17.0 Å². The van der Waals surface area contributed by atoms with Gasteiger partial charge in [-0.15, -0.1) is 0 Å². The number of aromatic nitrogens is 1. The van der Waals surface area contributed by atoms with Gasteiger partial charge in [-0.05, 0) is 74.5 Å². The van der Waals surface area contributed by atoms with E-state index in [1.165, 1.54) is 6.07 Å². The maximum atomic E-state index is 15.6. The molecule has 2 fully saturated rings. The smallest absolute Gasteiger partial charge is 0.317 e. The number of urea groups is 1. The fraction of sp³-hybridized carbons (Fsp3) is 0.600. The van der Waals surface area contributed by atoms with E-state index >= 15 is 4.39 Å². The van der Waals surface area contributed by atoms with E-state index in [0.717, 1.165) is 43.4 Å². The summed E-state index contributed by atoms with van der Waals surface area (Å²) >= 11 is 0. The number of anilines is 1. The number of nitrogens with one attached hydrogen (secondary N) is 2. The predicted molar refractivity (Wildman–Crippen MR) is 156 cm³/mol. The first-order valence-electron chi connectivity index (χ1n) is 14.9. The summed E-state index contributed by atoms with van der Waals surface area (Å²) in [6.07, 6.45) is 5.72. The fourth-order valence-electron chi connectivity index (χ4n) is 7.31. The number of benzene rings is 1. The van der Waals surface area contributed by atoms with Gasteiger partial charge in [0.05, 0.1) is 40.8 Å². The molecule has 2 aromatic rings. The van der Waals surface area contributed by atoms with Crippen LogP contribution >= 0.6 is 0 Å². The van der Waals surface area contributed by atoms with Crippen LogP contribution in [-0.2, 0) is 33.8 Å². The number of fused-ring (bicyclic) bond motifs is 3. The Morgan fingerprint density at radius 2 is 1.74 bits per heavy atom. The number of rotatable bonds is 5. The van der Waals surface area contributed by atoms with Crippen molar-refractivity contribution in [3.63, 3.8) is 0 Å². The van der Waals surface area contributed by atoms with Crippen LogP contribution < -0.4 is 16.4 Å². The SMILES string of the molecule is CC1(C)Cc2c(c3c(n2-c2cc(F)c(C(N)=O)c(NC4CCC(NC(=O)N5CCOCC5)CC4)c2)CCC3)S(=O)(=O)C1. The van der Waals surface area contributed by atoms with E-state index in [0.29, 0.717) is 67.5 Å². The Bertz CT molecular complexity index is 1520. The molecule has 6 rings (SSSR count). The van der Waals surface area contributed by atoms with Crippen LogP contribution in [0, 0.1) is 11.2 Å². The minimum absolute atomic E-state index is 0.0383. The Morgan fingerprint density at radius 1 is 1.05 bits per heavy atom. The Kier molecular flexibility index (Phi) is 7.49. The van der Waals surface area contributed by atoms with Gasteiger partial charge < -0.3 is 30.6 Å². The number of carbonyl (C=O) groups is 2. The number of ether oxygens (including phenoxy) is 1. The average Bonchev–Trinajstić information content (AvgIpc) is 3.48. The molecule has 4 aliphatic rings. The lowest BCUT2D eigenvalue weighted by Crippen LogP contribution is -2.50. The Labute approximate surface area is 246 Å². The molecule has 0 radical (unpaired) electrons. The molecule has 1 aromatic carbocycles. The first kappa shape index (κ1) is 29.0. The molecular formula is C30H40FN5O5S. The minimum Gasteiger partial charge on any atom is -0.382 e. The lowest BCUT2D eigenvalue weighted by Gasteiger charge is -2.33. The van der Waals surface area contributed by atoms with Crippen molar-refractivity contribution >= 4 is 27.5 Å². The van der Waals surface area contributed by atoms with E-state index in [1.807, 2.05) is 18.4 Å². The molecule has 0 atom stereocenters. The normalized spacial score (nSPS) is 24.5. The molecule has 10 nitrogen and oxygen atoms in total. The van der Waals surface area contributed by atoms with Crippen molar-refractivity contribution in [2.45, 2.75) is 82.2 Å². The summed E-state index contributed by atoms with van der Waals surface area (Å²) in [7, 11) is -3.49. The molecule has 2 aliphatic carbocycles. The summed E-state index contributed by atoms with van der Waals surface area (Å²) in [4.78, 5) is 27.2. The lowest BCUT2D eigenvalue weighted by molar-refractivity contribution is 0.0521.